The van der Waals surface area contributed by atoms with E-state index >= 15 is 0 Å². The molecule has 0 aromatic heterocycles. The largest absolute Gasteiger partial charge is 0.465 e. The molecule has 5 heteroatoms. The Labute approximate surface area is 136 Å². The quantitative estimate of drug-likeness (QED) is 0.648. The van der Waals surface area contributed by atoms with E-state index in [2.05, 4.69) is 0 Å². The van der Waals surface area contributed by atoms with Crippen molar-refractivity contribution >= 4 is 23.5 Å². The number of hydrogen-bond acceptors (Lipinski definition) is 4. The lowest BCUT2D eigenvalue weighted by Crippen LogP contribution is -2.11. The van der Waals surface area contributed by atoms with Gasteiger partial charge in [-0.25, -0.2) is 0 Å². The van der Waals surface area contributed by atoms with Crippen molar-refractivity contribution in [2.75, 3.05) is 13.2 Å². The van der Waals surface area contributed by atoms with Gasteiger partial charge >= 0.3 is 11.9 Å². The lowest BCUT2D eigenvalue weighted by atomic mass is 10.2. The highest BCUT2D eigenvalue weighted by Crippen LogP contribution is 2.10. The molecule has 0 fully saturated rings. The van der Waals surface area contributed by atoms with Gasteiger partial charge < -0.3 is 9.47 Å². The Kier molecular flexibility index (Phi) is 8.60. The average Bonchev–Trinajstić information content (AvgIpc) is 2.47. The van der Waals surface area contributed by atoms with Gasteiger partial charge in [-0.1, -0.05) is 37.6 Å². The van der Waals surface area contributed by atoms with E-state index in [9.17, 15) is 9.59 Å². The van der Waals surface area contributed by atoms with Crippen molar-refractivity contribution in [3.63, 3.8) is 0 Å². The van der Waals surface area contributed by atoms with Crippen LogP contribution in [0, 0.1) is 5.92 Å². The molecule has 0 spiro atoms. The Bertz CT molecular complexity index is 468. The first-order valence-electron chi connectivity index (χ1n) is 7.53. The second kappa shape index (κ2) is 10.2. The molecule has 22 heavy (non-hydrogen) atoms. The van der Waals surface area contributed by atoms with Gasteiger partial charge in [0.1, 0.15) is 0 Å². The molecule has 4 nitrogen and oxygen atoms in total. The number of carbonyl (C=O) groups is 2. The van der Waals surface area contributed by atoms with Crippen LogP contribution in [-0.2, 0) is 25.5 Å². The van der Waals surface area contributed by atoms with E-state index in [1.165, 1.54) is 0 Å². The van der Waals surface area contributed by atoms with Gasteiger partial charge in [0.2, 0.25) is 0 Å². The second-order valence-electron chi connectivity index (χ2n) is 5.53. The molecule has 0 saturated carbocycles. The molecule has 0 unspecified atom stereocenters. The lowest BCUT2D eigenvalue weighted by molar-refractivity contribution is -0.146. The van der Waals surface area contributed by atoms with Crippen LogP contribution < -0.4 is 0 Å². The fourth-order valence-electron chi connectivity index (χ4n) is 1.71. The van der Waals surface area contributed by atoms with Gasteiger partial charge in [0.25, 0.3) is 0 Å². The Morgan fingerprint density at radius 3 is 2.23 bits per heavy atom. The van der Waals surface area contributed by atoms with E-state index in [0.717, 1.165) is 5.56 Å². The predicted octanol–water partition coefficient (Wildman–Crippen LogP) is 3.80. The van der Waals surface area contributed by atoms with Crippen LogP contribution in [0.5, 0.6) is 0 Å². The Morgan fingerprint density at radius 1 is 1.05 bits per heavy atom. The molecule has 0 radical (unpaired) electrons. The molecular formula is C17H23ClO4. The van der Waals surface area contributed by atoms with Gasteiger partial charge in [-0.15, -0.1) is 0 Å². The fourth-order valence-corrected chi connectivity index (χ4v) is 1.84. The summed E-state index contributed by atoms with van der Waals surface area (Å²) < 4.78 is 10.2. The van der Waals surface area contributed by atoms with Gasteiger partial charge in [-0.05, 0) is 30.0 Å². The molecular weight excluding hydrogens is 304 g/mol. The van der Waals surface area contributed by atoms with Crippen LogP contribution in [-0.4, -0.2) is 25.2 Å². The van der Waals surface area contributed by atoms with Gasteiger partial charge in [-0.3, -0.25) is 9.59 Å². The van der Waals surface area contributed by atoms with Crippen LogP contribution in [0.2, 0.25) is 5.02 Å². The minimum absolute atomic E-state index is 0.234. The molecule has 0 amide bonds. The number of esters is 2. The first-order valence-corrected chi connectivity index (χ1v) is 7.91. The zero-order valence-corrected chi connectivity index (χ0v) is 13.9. The van der Waals surface area contributed by atoms with Gasteiger partial charge in [0.05, 0.1) is 13.2 Å². The first-order chi connectivity index (χ1) is 10.5. The van der Waals surface area contributed by atoms with E-state index in [0.29, 0.717) is 37.0 Å². The highest BCUT2D eigenvalue weighted by Gasteiger charge is 2.08. The third-order valence-electron chi connectivity index (χ3n) is 2.91. The number of benzene rings is 1. The van der Waals surface area contributed by atoms with Crippen molar-refractivity contribution < 1.29 is 19.1 Å². The summed E-state index contributed by atoms with van der Waals surface area (Å²) in [5.41, 5.74) is 1.06. The number of carbonyl (C=O) groups excluding carboxylic acids is 2. The summed E-state index contributed by atoms with van der Waals surface area (Å²) >= 11 is 5.80. The summed E-state index contributed by atoms with van der Waals surface area (Å²) in [4.78, 5) is 22.9. The molecule has 0 aliphatic carbocycles. The molecule has 0 saturated heterocycles. The van der Waals surface area contributed by atoms with E-state index in [-0.39, 0.29) is 24.8 Å². The summed E-state index contributed by atoms with van der Waals surface area (Å²) in [7, 11) is 0. The molecule has 0 heterocycles. The average molecular weight is 327 g/mol. The van der Waals surface area contributed by atoms with E-state index in [4.69, 9.17) is 21.1 Å². The van der Waals surface area contributed by atoms with Crippen LogP contribution in [0.4, 0.5) is 0 Å². The Balaban J connectivity index is 2.08. The van der Waals surface area contributed by atoms with Crippen molar-refractivity contribution in [2.24, 2.45) is 5.92 Å². The number of ether oxygens (including phenoxy) is 2. The maximum atomic E-state index is 11.5. The maximum Gasteiger partial charge on any atom is 0.305 e. The number of rotatable bonds is 9. The van der Waals surface area contributed by atoms with Gasteiger partial charge in [0, 0.05) is 24.3 Å². The van der Waals surface area contributed by atoms with E-state index in [1.807, 2.05) is 38.1 Å². The van der Waals surface area contributed by atoms with Crippen molar-refractivity contribution in [3.05, 3.63) is 34.9 Å². The van der Waals surface area contributed by atoms with Crippen molar-refractivity contribution in [2.45, 2.75) is 39.5 Å². The van der Waals surface area contributed by atoms with Crippen molar-refractivity contribution in [1.29, 1.82) is 0 Å². The molecule has 122 valence electrons. The van der Waals surface area contributed by atoms with Gasteiger partial charge in [-0.2, -0.15) is 0 Å². The normalized spacial score (nSPS) is 10.5. The zero-order valence-electron chi connectivity index (χ0n) is 13.1. The highest BCUT2D eigenvalue weighted by molar-refractivity contribution is 6.30. The maximum absolute atomic E-state index is 11.5. The van der Waals surface area contributed by atoms with Gasteiger partial charge in [0.15, 0.2) is 0 Å². The fraction of sp³-hybridized carbons (Fsp3) is 0.529. The number of hydrogen-bond donors (Lipinski definition) is 0. The topological polar surface area (TPSA) is 52.6 Å². The van der Waals surface area contributed by atoms with Crippen molar-refractivity contribution in [1.82, 2.24) is 0 Å². The summed E-state index contributed by atoms with van der Waals surface area (Å²) in [6.07, 6.45) is 1.59. The lowest BCUT2D eigenvalue weighted by Gasteiger charge is -2.07. The van der Waals surface area contributed by atoms with Crippen LogP contribution in [0.3, 0.4) is 0 Å². The standard InChI is InChI=1S/C17H23ClO4/c1-13(2)12-22-17(20)5-3-4-16(19)21-11-10-14-6-8-15(18)9-7-14/h6-9,13H,3-5,10-12H2,1-2H3. The molecule has 0 aliphatic heterocycles. The molecule has 0 aliphatic rings. The Morgan fingerprint density at radius 2 is 1.64 bits per heavy atom. The van der Waals surface area contributed by atoms with Crippen LogP contribution in [0.1, 0.15) is 38.7 Å². The zero-order chi connectivity index (χ0) is 16.4. The monoisotopic (exact) mass is 326 g/mol. The van der Waals surface area contributed by atoms with Crippen molar-refractivity contribution in [3.8, 4) is 0 Å². The molecule has 0 bridgehead atoms. The smallest absolute Gasteiger partial charge is 0.305 e. The summed E-state index contributed by atoms with van der Waals surface area (Å²) in [6, 6.07) is 7.42. The molecule has 1 rings (SSSR count). The summed E-state index contributed by atoms with van der Waals surface area (Å²) in [5, 5.41) is 0.685. The highest BCUT2D eigenvalue weighted by atomic mass is 35.5. The summed E-state index contributed by atoms with van der Waals surface area (Å²) in [6.45, 7) is 4.71. The molecule has 1 aromatic rings. The molecule has 1 aromatic carbocycles. The minimum atomic E-state index is -0.286. The second-order valence-corrected chi connectivity index (χ2v) is 5.96. The minimum Gasteiger partial charge on any atom is -0.465 e. The predicted molar refractivity (Wildman–Crippen MR) is 85.8 cm³/mol. The Hall–Kier alpha value is -1.55. The molecule has 0 N–H and O–H groups in total. The van der Waals surface area contributed by atoms with Crippen LogP contribution in [0.25, 0.3) is 0 Å². The van der Waals surface area contributed by atoms with E-state index in [1.54, 1.807) is 0 Å². The summed E-state index contributed by atoms with van der Waals surface area (Å²) in [5.74, 6) is -0.227. The first kappa shape index (κ1) is 18.5. The number of halogens is 1. The third kappa shape index (κ3) is 8.67. The van der Waals surface area contributed by atoms with E-state index < -0.39 is 0 Å². The van der Waals surface area contributed by atoms with Crippen LogP contribution >= 0.6 is 11.6 Å². The third-order valence-corrected chi connectivity index (χ3v) is 3.16. The SMILES string of the molecule is CC(C)COC(=O)CCCC(=O)OCCc1ccc(Cl)cc1. The van der Waals surface area contributed by atoms with Crippen LogP contribution in [0.15, 0.2) is 24.3 Å². The molecule has 0 atom stereocenters.